The number of ether oxygens (including phenoxy) is 2. The fourth-order valence-electron chi connectivity index (χ4n) is 4.02. The van der Waals surface area contributed by atoms with Crippen LogP contribution in [0.25, 0.3) is 27.0 Å². The molecule has 5 aromatic rings. The Labute approximate surface area is 223 Å². The van der Waals surface area contributed by atoms with Crippen molar-refractivity contribution in [2.24, 2.45) is 5.14 Å². The zero-order chi connectivity index (χ0) is 26.9. The van der Waals surface area contributed by atoms with E-state index in [4.69, 9.17) is 14.6 Å². The lowest BCUT2D eigenvalue weighted by Gasteiger charge is -2.17. The van der Waals surface area contributed by atoms with E-state index < -0.39 is 10.0 Å². The highest BCUT2D eigenvalue weighted by molar-refractivity contribution is 7.89. The summed E-state index contributed by atoms with van der Waals surface area (Å²) < 4.78 is 35.0. The number of fused-ring (bicyclic) bond motifs is 1. The van der Waals surface area contributed by atoms with Gasteiger partial charge in [0.05, 0.1) is 23.0 Å². The summed E-state index contributed by atoms with van der Waals surface area (Å²) in [4.78, 5) is 22.1. The molecule has 0 spiro atoms. The molecule has 3 aromatic carbocycles. The summed E-state index contributed by atoms with van der Waals surface area (Å²) in [6.45, 7) is 4.19. The van der Waals surface area contributed by atoms with Crippen molar-refractivity contribution in [3.05, 3.63) is 102 Å². The number of benzene rings is 3. The molecule has 2 aromatic heterocycles. The number of rotatable bonds is 9. The molecule has 0 amide bonds. The zero-order valence-corrected chi connectivity index (χ0v) is 21.9. The second-order valence-corrected chi connectivity index (χ2v) is 10.9. The zero-order valence-electron chi connectivity index (χ0n) is 20.3. The van der Waals surface area contributed by atoms with E-state index in [-0.39, 0.29) is 28.4 Å². The highest BCUT2D eigenvalue weighted by atomic mass is 32.2. The van der Waals surface area contributed by atoms with Gasteiger partial charge in [0, 0.05) is 33.2 Å². The van der Waals surface area contributed by atoms with Gasteiger partial charge >= 0.3 is 0 Å². The van der Waals surface area contributed by atoms with E-state index in [0.29, 0.717) is 22.9 Å². The van der Waals surface area contributed by atoms with Crippen molar-refractivity contribution in [3.63, 3.8) is 0 Å². The van der Waals surface area contributed by atoms with Crippen LogP contribution in [0, 0.1) is 0 Å². The number of nitrogens with zero attached hydrogens (tertiary/aromatic N) is 1. The van der Waals surface area contributed by atoms with Crippen molar-refractivity contribution < 1.29 is 22.7 Å². The molecular weight excluding hydrogens is 522 g/mol. The van der Waals surface area contributed by atoms with Crippen LogP contribution in [0.3, 0.4) is 0 Å². The van der Waals surface area contributed by atoms with Crippen molar-refractivity contribution >= 4 is 43.7 Å². The van der Waals surface area contributed by atoms with Gasteiger partial charge < -0.3 is 14.5 Å². The number of Topliss-reactive ketones (excluding diaryl/α,β-unsaturated/α-hetero) is 1. The molecule has 0 aliphatic rings. The minimum absolute atomic E-state index is 0.0843. The molecule has 0 aliphatic carbocycles. The molecule has 2 heterocycles. The Hall–Kier alpha value is -4.25. The minimum atomic E-state index is -3.88. The molecule has 5 rings (SSSR count). The van der Waals surface area contributed by atoms with Gasteiger partial charge in [-0.25, -0.2) is 18.5 Å². The number of aromatic amines is 1. The first-order chi connectivity index (χ1) is 18.2. The van der Waals surface area contributed by atoms with Crippen molar-refractivity contribution in [1.29, 1.82) is 0 Å². The van der Waals surface area contributed by atoms with E-state index in [1.807, 2.05) is 47.8 Å². The molecule has 38 heavy (non-hydrogen) atoms. The molecule has 0 atom stereocenters. The number of sulfonamides is 1. The first-order valence-corrected chi connectivity index (χ1v) is 13.9. The van der Waals surface area contributed by atoms with E-state index in [1.54, 1.807) is 13.2 Å². The Bertz CT molecular complexity index is 1720. The summed E-state index contributed by atoms with van der Waals surface area (Å²) in [5, 5.41) is 7.14. The average molecular weight is 546 g/mol. The van der Waals surface area contributed by atoms with E-state index in [1.165, 1.54) is 35.6 Å². The normalized spacial score (nSPS) is 11.4. The quantitative estimate of drug-likeness (QED) is 0.188. The van der Waals surface area contributed by atoms with Gasteiger partial charge in [-0.05, 0) is 53.9 Å². The maximum atomic E-state index is 13.4. The second-order valence-electron chi connectivity index (χ2n) is 8.39. The molecule has 0 saturated carbocycles. The van der Waals surface area contributed by atoms with Crippen molar-refractivity contribution in [2.45, 2.75) is 11.5 Å². The average Bonchev–Trinajstić information content (AvgIpc) is 3.60. The summed E-state index contributed by atoms with van der Waals surface area (Å²) in [5.41, 5.74) is 3.41. The maximum absolute atomic E-state index is 13.4. The fourth-order valence-corrected chi connectivity index (χ4v) is 5.29. The minimum Gasteiger partial charge on any atom is -0.496 e. The number of carbonyl (C=O) groups excluding carboxylic acids is 1. The Morgan fingerprint density at radius 3 is 2.47 bits per heavy atom. The Balaban J connectivity index is 1.52. The third-order valence-electron chi connectivity index (χ3n) is 5.94. The van der Waals surface area contributed by atoms with Gasteiger partial charge in [-0.3, -0.25) is 4.79 Å². The first kappa shape index (κ1) is 25.4. The number of H-pyrrole nitrogens is 1. The molecule has 0 fully saturated rings. The van der Waals surface area contributed by atoms with Crippen LogP contribution in [0.2, 0.25) is 0 Å². The maximum Gasteiger partial charge on any atom is 0.238 e. The van der Waals surface area contributed by atoms with Gasteiger partial charge in [0.1, 0.15) is 23.9 Å². The van der Waals surface area contributed by atoms with Crippen LogP contribution < -0.4 is 14.6 Å². The summed E-state index contributed by atoms with van der Waals surface area (Å²) in [7, 11) is -2.31. The summed E-state index contributed by atoms with van der Waals surface area (Å²) in [5.74, 6) is 1.20. The predicted octanol–water partition coefficient (Wildman–Crippen LogP) is 5.42. The highest BCUT2D eigenvalue weighted by Crippen LogP contribution is 2.41. The number of thiophene rings is 1. The van der Waals surface area contributed by atoms with Crippen LogP contribution in [0.5, 0.6) is 11.5 Å². The van der Waals surface area contributed by atoms with Gasteiger partial charge in [0.15, 0.2) is 5.78 Å². The summed E-state index contributed by atoms with van der Waals surface area (Å²) >= 11 is 1.53. The number of imidazole rings is 1. The van der Waals surface area contributed by atoms with Crippen molar-refractivity contribution in [2.75, 3.05) is 7.11 Å². The number of hydrogen-bond donors (Lipinski definition) is 2. The molecule has 10 heteroatoms. The third-order valence-corrected chi connectivity index (χ3v) is 7.77. The van der Waals surface area contributed by atoms with E-state index in [2.05, 4.69) is 16.5 Å². The molecule has 8 nitrogen and oxygen atoms in total. The summed E-state index contributed by atoms with van der Waals surface area (Å²) in [6, 6.07) is 20.5. The molecule has 3 N–H and O–H groups in total. The fraction of sp³-hybridized carbons (Fsp3) is 0.0714. The van der Waals surface area contributed by atoms with Gasteiger partial charge in [-0.15, -0.1) is 11.3 Å². The number of aromatic nitrogens is 2. The van der Waals surface area contributed by atoms with E-state index in [0.717, 1.165) is 21.5 Å². The van der Waals surface area contributed by atoms with Crippen LogP contribution in [0.1, 0.15) is 21.7 Å². The lowest BCUT2D eigenvalue weighted by Crippen LogP contribution is -2.12. The molecule has 0 unspecified atom stereocenters. The molecule has 0 saturated heterocycles. The lowest BCUT2D eigenvalue weighted by atomic mass is 9.95. The number of nitrogens with one attached hydrogen (secondary N) is 1. The number of para-hydroxylation sites is 2. The number of methoxy groups -OCH3 is 1. The first-order valence-electron chi connectivity index (χ1n) is 11.4. The number of ketones is 1. The predicted molar refractivity (Wildman–Crippen MR) is 148 cm³/mol. The Morgan fingerprint density at radius 1 is 1.05 bits per heavy atom. The standard InChI is InChI=1S/C28H23N3O5S2/c1-17(28(32)18-9-11-19(12-10-18)38(29,33)34)20-14-21(26-8-5-13-37-26)24(35-2)15-25(20)36-16-27-30-22-6-3-4-7-23(22)31-27/h3-15H,1,16H2,2H3,(H,30,31)(H2,29,33,34). The SMILES string of the molecule is C=C(C(=O)c1ccc(S(N)(=O)=O)cc1)c1cc(-c2cccs2)c(OC)cc1OCc1nc2ccccc2[nH]1. The number of primary sulfonamides is 1. The van der Waals surface area contributed by atoms with Crippen LogP contribution in [-0.2, 0) is 16.6 Å². The van der Waals surface area contributed by atoms with Gasteiger partial charge in [-0.2, -0.15) is 0 Å². The van der Waals surface area contributed by atoms with Gasteiger partial charge in [0.2, 0.25) is 10.0 Å². The van der Waals surface area contributed by atoms with Crippen LogP contribution in [0.4, 0.5) is 0 Å². The molecule has 0 bridgehead atoms. The summed E-state index contributed by atoms with van der Waals surface area (Å²) in [6.07, 6.45) is 0. The number of carbonyl (C=O) groups is 1. The molecule has 0 aliphatic heterocycles. The van der Waals surface area contributed by atoms with Gasteiger partial charge in [-0.1, -0.05) is 24.8 Å². The van der Waals surface area contributed by atoms with Crippen molar-refractivity contribution in [1.82, 2.24) is 9.97 Å². The van der Waals surface area contributed by atoms with Crippen LogP contribution >= 0.6 is 11.3 Å². The Morgan fingerprint density at radius 2 is 1.82 bits per heavy atom. The van der Waals surface area contributed by atoms with E-state index >= 15 is 0 Å². The number of nitrogens with two attached hydrogens (primary N) is 1. The third kappa shape index (κ3) is 5.10. The smallest absolute Gasteiger partial charge is 0.238 e. The highest BCUT2D eigenvalue weighted by Gasteiger charge is 2.21. The molecule has 192 valence electrons. The second kappa shape index (κ2) is 10.3. The monoisotopic (exact) mass is 545 g/mol. The van der Waals surface area contributed by atoms with E-state index in [9.17, 15) is 13.2 Å². The number of allylic oxidation sites excluding steroid dienone is 1. The molecule has 0 radical (unpaired) electrons. The van der Waals surface area contributed by atoms with Gasteiger partial charge in [0.25, 0.3) is 0 Å². The van der Waals surface area contributed by atoms with Crippen molar-refractivity contribution in [3.8, 4) is 21.9 Å². The lowest BCUT2D eigenvalue weighted by molar-refractivity contribution is 0.105. The largest absolute Gasteiger partial charge is 0.496 e. The topological polar surface area (TPSA) is 124 Å². The molecular formula is C28H23N3O5S2. The van der Waals surface area contributed by atoms with Crippen LogP contribution in [0.15, 0.2) is 89.7 Å². The Kier molecular flexibility index (Phi) is 6.85. The number of hydrogen-bond acceptors (Lipinski definition) is 7. The van der Waals surface area contributed by atoms with Crippen LogP contribution in [-0.4, -0.2) is 31.3 Å².